The highest BCUT2D eigenvalue weighted by molar-refractivity contribution is 6.30. The van der Waals surface area contributed by atoms with Gasteiger partial charge < -0.3 is 15.5 Å². The largest absolute Gasteiger partial charge is 0.469 e. The van der Waals surface area contributed by atoms with Crippen LogP contribution in [-0.2, 0) is 4.79 Å². The Hall–Kier alpha value is -3.06. The van der Waals surface area contributed by atoms with E-state index in [4.69, 9.17) is 21.8 Å². The fourth-order valence-electron chi connectivity index (χ4n) is 3.91. The number of anilines is 2. The number of fused-ring (bicyclic) bond motifs is 1. The highest BCUT2D eigenvalue weighted by atomic mass is 35.5. The van der Waals surface area contributed by atoms with Gasteiger partial charge in [-0.25, -0.2) is 4.68 Å². The first-order valence-electron chi connectivity index (χ1n) is 8.64. The number of rotatable bonds is 2. The molecule has 0 saturated heterocycles. The van der Waals surface area contributed by atoms with Gasteiger partial charge in [-0.2, -0.15) is 4.98 Å². The molecule has 5 rings (SSSR count). The number of allylic oxidation sites excluding steroid dienone is 2. The van der Waals surface area contributed by atoms with Crippen molar-refractivity contribution in [3.05, 3.63) is 70.3 Å². The molecule has 0 saturated carbocycles. The van der Waals surface area contributed by atoms with E-state index in [1.165, 1.54) is 0 Å². The molecule has 3 aromatic rings. The van der Waals surface area contributed by atoms with Gasteiger partial charge in [-0.3, -0.25) is 4.79 Å². The van der Waals surface area contributed by atoms with E-state index in [2.05, 4.69) is 15.4 Å². The minimum absolute atomic E-state index is 0.00330. The zero-order valence-corrected chi connectivity index (χ0v) is 15.0. The molecule has 0 radical (unpaired) electrons. The number of hydrogen-bond donors (Lipinski definition) is 2. The van der Waals surface area contributed by atoms with E-state index < -0.39 is 0 Å². The van der Waals surface area contributed by atoms with Gasteiger partial charge in [-0.15, -0.1) is 5.10 Å². The average molecular weight is 382 g/mol. The summed E-state index contributed by atoms with van der Waals surface area (Å²) in [6.45, 7) is 0. The quantitative estimate of drug-likeness (QED) is 0.704. The third-order valence-electron chi connectivity index (χ3n) is 5.07. The molecule has 3 heterocycles. The number of carbonyl (C=O) groups excluding carboxylic acids is 1. The first kappa shape index (κ1) is 16.1. The van der Waals surface area contributed by atoms with Gasteiger partial charge in [-0.05, 0) is 36.2 Å². The van der Waals surface area contributed by atoms with Crippen molar-refractivity contribution in [2.45, 2.75) is 24.8 Å². The van der Waals surface area contributed by atoms with Crippen molar-refractivity contribution in [2.24, 2.45) is 0 Å². The third kappa shape index (κ3) is 2.62. The van der Waals surface area contributed by atoms with Crippen LogP contribution in [0.1, 0.15) is 36.1 Å². The molecule has 7 nitrogen and oxygen atoms in total. The van der Waals surface area contributed by atoms with Crippen molar-refractivity contribution in [1.82, 2.24) is 14.8 Å². The Labute approximate surface area is 159 Å². The standard InChI is InChI=1S/C19H16ClN5O2/c20-12-5-3-10(4-6-12)17-16-13(22-19-23-18(21)24-25(17)19)8-11(9-14(16)26)15-2-1-7-27-15/h1-7,11,17H,8-9H2,(H3,21,22,23,24)/t11-,17+/m1/s1. The number of aromatic nitrogens is 3. The second-order valence-corrected chi connectivity index (χ2v) is 7.19. The van der Waals surface area contributed by atoms with Crippen LogP contribution in [0.4, 0.5) is 11.9 Å². The molecule has 1 aliphatic heterocycles. The number of ketones is 1. The molecule has 1 aliphatic carbocycles. The number of nitrogens with two attached hydrogens (primary N) is 1. The van der Waals surface area contributed by atoms with Crippen LogP contribution in [0.15, 0.2) is 58.3 Å². The monoisotopic (exact) mass is 381 g/mol. The van der Waals surface area contributed by atoms with Crippen LogP contribution < -0.4 is 11.1 Å². The fourth-order valence-corrected chi connectivity index (χ4v) is 4.03. The summed E-state index contributed by atoms with van der Waals surface area (Å²) in [6.07, 6.45) is 2.68. The number of halogens is 1. The summed E-state index contributed by atoms with van der Waals surface area (Å²) in [6, 6.07) is 10.8. The number of carbonyl (C=O) groups is 1. The lowest BCUT2D eigenvalue weighted by Gasteiger charge is -2.34. The molecule has 0 spiro atoms. The molecule has 0 bridgehead atoms. The molecule has 2 atom stereocenters. The SMILES string of the molecule is Nc1nc2n(n1)[C@@H](c1ccc(Cl)cc1)C1=C(C[C@@H](c3ccco3)CC1=O)N2. The highest BCUT2D eigenvalue weighted by Crippen LogP contribution is 2.44. The molecule has 0 unspecified atom stereocenters. The Kier molecular flexibility index (Phi) is 3.58. The van der Waals surface area contributed by atoms with Crippen molar-refractivity contribution in [3.63, 3.8) is 0 Å². The molecule has 3 N–H and O–H groups in total. The lowest BCUT2D eigenvalue weighted by atomic mass is 9.79. The maximum absolute atomic E-state index is 13.1. The van der Waals surface area contributed by atoms with Crippen LogP contribution in [-0.4, -0.2) is 20.5 Å². The number of furan rings is 1. The van der Waals surface area contributed by atoms with E-state index >= 15 is 0 Å². The minimum Gasteiger partial charge on any atom is -0.469 e. The van der Waals surface area contributed by atoms with Crippen LogP contribution in [0.25, 0.3) is 0 Å². The van der Waals surface area contributed by atoms with Crippen molar-refractivity contribution >= 4 is 29.3 Å². The number of nitrogens with one attached hydrogen (secondary N) is 1. The zero-order valence-electron chi connectivity index (χ0n) is 14.2. The third-order valence-corrected chi connectivity index (χ3v) is 5.32. The van der Waals surface area contributed by atoms with Crippen molar-refractivity contribution in [2.75, 3.05) is 11.1 Å². The molecule has 1 aromatic carbocycles. The molecule has 136 valence electrons. The fraction of sp³-hybridized carbons (Fsp3) is 0.211. The van der Waals surface area contributed by atoms with Crippen LogP contribution in [0.3, 0.4) is 0 Å². The second-order valence-electron chi connectivity index (χ2n) is 6.75. The van der Waals surface area contributed by atoms with Crippen molar-refractivity contribution in [1.29, 1.82) is 0 Å². The van der Waals surface area contributed by atoms with Gasteiger partial charge in [0.15, 0.2) is 5.78 Å². The predicted octanol–water partition coefficient (Wildman–Crippen LogP) is 3.52. The van der Waals surface area contributed by atoms with E-state index in [1.54, 1.807) is 23.1 Å². The topological polar surface area (TPSA) is 99.0 Å². The van der Waals surface area contributed by atoms with E-state index in [1.807, 2.05) is 24.3 Å². The van der Waals surface area contributed by atoms with Gasteiger partial charge in [0, 0.05) is 28.6 Å². The molecule has 2 aromatic heterocycles. The predicted molar refractivity (Wildman–Crippen MR) is 100 cm³/mol. The number of benzene rings is 1. The number of nitrogens with zero attached hydrogens (tertiary/aromatic N) is 3. The smallest absolute Gasteiger partial charge is 0.241 e. The van der Waals surface area contributed by atoms with Gasteiger partial charge in [0.05, 0.1) is 6.26 Å². The first-order valence-corrected chi connectivity index (χ1v) is 9.02. The van der Waals surface area contributed by atoms with E-state index in [9.17, 15) is 4.79 Å². The maximum Gasteiger partial charge on any atom is 0.241 e. The van der Waals surface area contributed by atoms with Gasteiger partial charge in [0.25, 0.3) is 0 Å². The van der Waals surface area contributed by atoms with Crippen LogP contribution in [0.5, 0.6) is 0 Å². The number of hydrogen-bond acceptors (Lipinski definition) is 6. The molecule has 0 fully saturated rings. The number of Topliss-reactive ketones (excluding diaryl/α,β-unsaturated/α-hetero) is 1. The van der Waals surface area contributed by atoms with Gasteiger partial charge in [-0.1, -0.05) is 23.7 Å². The van der Waals surface area contributed by atoms with Gasteiger partial charge >= 0.3 is 0 Å². The summed E-state index contributed by atoms with van der Waals surface area (Å²) in [5, 5.41) is 8.19. The maximum atomic E-state index is 13.1. The summed E-state index contributed by atoms with van der Waals surface area (Å²) in [5.74, 6) is 1.55. The van der Waals surface area contributed by atoms with Crippen molar-refractivity contribution in [3.8, 4) is 0 Å². The van der Waals surface area contributed by atoms with Gasteiger partial charge in [0.2, 0.25) is 11.9 Å². The lowest BCUT2D eigenvalue weighted by Crippen LogP contribution is -2.33. The van der Waals surface area contributed by atoms with Crippen LogP contribution in [0.2, 0.25) is 5.02 Å². The van der Waals surface area contributed by atoms with E-state index in [-0.39, 0.29) is 23.7 Å². The molecule has 27 heavy (non-hydrogen) atoms. The molecule has 0 amide bonds. The Morgan fingerprint density at radius 2 is 2.04 bits per heavy atom. The molecular weight excluding hydrogens is 366 g/mol. The van der Waals surface area contributed by atoms with Crippen LogP contribution in [0, 0.1) is 0 Å². The Morgan fingerprint density at radius 3 is 2.78 bits per heavy atom. The second kappa shape index (κ2) is 5.99. The summed E-state index contributed by atoms with van der Waals surface area (Å²) in [4.78, 5) is 17.4. The Bertz CT molecular complexity index is 1050. The normalized spacial score (nSPS) is 21.6. The molecule has 2 aliphatic rings. The average Bonchev–Trinajstić information content (AvgIpc) is 3.29. The van der Waals surface area contributed by atoms with Gasteiger partial charge in [0.1, 0.15) is 11.8 Å². The summed E-state index contributed by atoms with van der Waals surface area (Å²) in [7, 11) is 0. The van der Waals surface area contributed by atoms with Crippen molar-refractivity contribution < 1.29 is 9.21 Å². The lowest BCUT2D eigenvalue weighted by molar-refractivity contribution is -0.117. The Balaban J connectivity index is 1.63. The first-order chi connectivity index (χ1) is 13.1. The number of nitrogen functional groups attached to an aromatic ring is 1. The molecular formula is C19H16ClN5O2. The van der Waals surface area contributed by atoms with E-state index in [0.29, 0.717) is 29.4 Å². The zero-order chi connectivity index (χ0) is 18.5. The Morgan fingerprint density at radius 1 is 1.22 bits per heavy atom. The summed E-state index contributed by atoms with van der Waals surface area (Å²) in [5.41, 5.74) is 8.27. The summed E-state index contributed by atoms with van der Waals surface area (Å²) >= 11 is 6.04. The molecule has 8 heteroatoms. The summed E-state index contributed by atoms with van der Waals surface area (Å²) < 4.78 is 7.20. The van der Waals surface area contributed by atoms with Crippen LogP contribution >= 0.6 is 11.6 Å². The highest BCUT2D eigenvalue weighted by Gasteiger charge is 2.40. The van der Waals surface area contributed by atoms with E-state index in [0.717, 1.165) is 17.0 Å². The minimum atomic E-state index is -0.386.